The summed E-state index contributed by atoms with van der Waals surface area (Å²) in [4.78, 5) is 52.1. The van der Waals surface area contributed by atoms with Crippen molar-refractivity contribution in [2.24, 2.45) is 5.92 Å². The largest absolute Gasteiger partial charge is 0.460 e. The molecule has 0 saturated heterocycles. The highest BCUT2D eigenvalue weighted by Crippen LogP contribution is 2.12. The predicted molar refractivity (Wildman–Crippen MR) is 145 cm³/mol. The molecule has 0 aliphatic heterocycles. The number of esters is 1. The lowest BCUT2D eigenvalue weighted by atomic mass is 10.1. The maximum atomic E-state index is 12.7. The smallest absolute Gasteiger partial charge is 0.325 e. The van der Waals surface area contributed by atoms with Crippen molar-refractivity contribution in [3.8, 4) is 0 Å². The summed E-state index contributed by atoms with van der Waals surface area (Å²) >= 11 is 0. The molecule has 3 N–H and O–H groups in total. The zero-order valence-electron chi connectivity index (χ0n) is 22.0. The number of benzene rings is 2. The Morgan fingerprint density at radius 1 is 0.850 bits per heavy atom. The molecule has 0 fully saturated rings. The van der Waals surface area contributed by atoms with Crippen LogP contribution in [0.25, 0.3) is 0 Å². The fourth-order valence-electron chi connectivity index (χ4n) is 3.30. The van der Waals surface area contributed by atoms with E-state index in [1.807, 2.05) is 22.9 Å². The molecular formula is C28H30N4O7S. The number of nitrogens with one attached hydrogen (secondary N) is 3. The number of carbonyl (C=O) groups is 4. The summed E-state index contributed by atoms with van der Waals surface area (Å²) in [6.45, 7) is 3.69. The standard InChI is InChI=1S/C28H30N4O7S/c1-19(2)26(34)29-15-14-20-8-11-23(12-9-20)40(37,38)32-27(35)22-10-13-24(30-16-22)28(36)31-17-25(33)39-18-21-6-4-3-5-7-21/h3-13,16,19H,14-15,17-18H2,1-2H3,(H,29,34)(H,31,36)(H,32,35). The van der Waals surface area contributed by atoms with Crippen molar-refractivity contribution in [2.45, 2.75) is 31.8 Å². The molecule has 40 heavy (non-hydrogen) atoms. The number of amides is 3. The minimum absolute atomic E-state index is 0.0655. The van der Waals surface area contributed by atoms with Gasteiger partial charge in [0.05, 0.1) is 10.5 Å². The van der Waals surface area contributed by atoms with Crippen LogP contribution in [-0.2, 0) is 37.4 Å². The Morgan fingerprint density at radius 3 is 2.17 bits per heavy atom. The van der Waals surface area contributed by atoms with Crippen LogP contribution in [0, 0.1) is 5.92 Å². The van der Waals surface area contributed by atoms with Crippen LogP contribution >= 0.6 is 0 Å². The van der Waals surface area contributed by atoms with Gasteiger partial charge < -0.3 is 15.4 Å². The number of aromatic nitrogens is 1. The van der Waals surface area contributed by atoms with Crippen molar-refractivity contribution >= 4 is 33.7 Å². The van der Waals surface area contributed by atoms with Gasteiger partial charge in [0, 0.05) is 18.7 Å². The van der Waals surface area contributed by atoms with E-state index >= 15 is 0 Å². The monoisotopic (exact) mass is 566 g/mol. The van der Waals surface area contributed by atoms with E-state index in [-0.39, 0.29) is 41.1 Å². The van der Waals surface area contributed by atoms with Crippen LogP contribution in [-0.4, -0.2) is 50.2 Å². The quantitative estimate of drug-likeness (QED) is 0.281. The Morgan fingerprint density at radius 2 is 1.55 bits per heavy atom. The van der Waals surface area contributed by atoms with E-state index in [1.54, 1.807) is 38.1 Å². The van der Waals surface area contributed by atoms with E-state index in [4.69, 9.17) is 4.74 Å². The van der Waals surface area contributed by atoms with E-state index in [0.717, 1.165) is 17.3 Å². The van der Waals surface area contributed by atoms with Gasteiger partial charge in [0.1, 0.15) is 18.8 Å². The van der Waals surface area contributed by atoms with Gasteiger partial charge >= 0.3 is 5.97 Å². The van der Waals surface area contributed by atoms with Crippen molar-refractivity contribution in [2.75, 3.05) is 13.1 Å². The van der Waals surface area contributed by atoms with E-state index in [1.165, 1.54) is 24.3 Å². The molecule has 3 rings (SSSR count). The predicted octanol–water partition coefficient (Wildman–Crippen LogP) is 1.99. The third-order valence-corrected chi connectivity index (χ3v) is 6.94. The zero-order valence-corrected chi connectivity index (χ0v) is 22.9. The van der Waals surface area contributed by atoms with Crippen molar-refractivity contribution in [1.29, 1.82) is 0 Å². The highest BCUT2D eigenvalue weighted by atomic mass is 32.2. The fraction of sp³-hybridized carbons (Fsp3) is 0.250. The molecule has 0 saturated carbocycles. The Bertz CT molecular complexity index is 1440. The van der Waals surface area contributed by atoms with Gasteiger partial charge in [-0.1, -0.05) is 56.3 Å². The summed E-state index contributed by atoms with van der Waals surface area (Å²) < 4.78 is 32.4. The molecule has 0 radical (unpaired) electrons. The van der Waals surface area contributed by atoms with Crippen molar-refractivity contribution in [1.82, 2.24) is 20.3 Å². The molecule has 1 heterocycles. The third kappa shape index (κ3) is 9.02. The molecule has 2 aromatic carbocycles. The second-order valence-corrected chi connectivity index (χ2v) is 10.7. The number of hydrogen-bond donors (Lipinski definition) is 3. The van der Waals surface area contributed by atoms with Crippen molar-refractivity contribution in [3.63, 3.8) is 0 Å². The van der Waals surface area contributed by atoms with Gasteiger partial charge in [-0.05, 0) is 41.8 Å². The second kappa shape index (κ2) is 14.0. The van der Waals surface area contributed by atoms with Gasteiger partial charge in [-0.25, -0.2) is 13.1 Å². The third-order valence-electron chi connectivity index (χ3n) is 5.59. The SMILES string of the molecule is CC(C)C(=O)NCCc1ccc(S(=O)(=O)NC(=O)c2ccc(C(=O)NCC(=O)OCc3ccccc3)nc2)cc1. The van der Waals surface area contributed by atoms with Crippen LogP contribution in [0.15, 0.2) is 77.8 Å². The van der Waals surface area contributed by atoms with Gasteiger partial charge in [-0.2, -0.15) is 0 Å². The van der Waals surface area contributed by atoms with E-state index < -0.39 is 27.8 Å². The van der Waals surface area contributed by atoms with Crippen LogP contribution in [0.1, 0.15) is 45.8 Å². The van der Waals surface area contributed by atoms with Crippen molar-refractivity contribution < 1.29 is 32.3 Å². The number of ether oxygens (including phenoxy) is 1. The lowest BCUT2D eigenvalue weighted by Crippen LogP contribution is -2.32. The fourth-order valence-corrected chi connectivity index (χ4v) is 4.28. The summed E-state index contributed by atoms with van der Waals surface area (Å²) in [6, 6.07) is 17.5. The molecule has 0 spiro atoms. The summed E-state index contributed by atoms with van der Waals surface area (Å²) in [7, 11) is -4.17. The van der Waals surface area contributed by atoms with Gasteiger partial charge in [-0.3, -0.25) is 24.2 Å². The van der Waals surface area contributed by atoms with Crippen molar-refractivity contribution in [3.05, 3.63) is 95.3 Å². The number of hydrogen-bond acceptors (Lipinski definition) is 8. The van der Waals surface area contributed by atoms with Crippen LogP contribution in [0.5, 0.6) is 0 Å². The highest BCUT2D eigenvalue weighted by molar-refractivity contribution is 7.90. The first kappa shape index (κ1) is 30.0. The molecule has 12 heteroatoms. The Balaban J connectivity index is 1.48. The molecule has 3 amide bonds. The summed E-state index contributed by atoms with van der Waals surface area (Å²) in [5.74, 6) is -2.42. The number of pyridine rings is 1. The minimum Gasteiger partial charge on any atom is -0.460 e. The summed E-state index contributed by atoms with van der Waals surface area (Å²) in [5.41, 5.74) is 1.47. The molecule has 210 valence electrons. The first-order chi connectivity index (χ1) is 19.0. The molecule has 3 aromatic rings. The summed E-state index contributed by atoms with van der Waals surface area (Å²) in [6.07, 6.45) is 1.58. The average Bonchev–Trinajstić information content (AvgIpc) is 2.95. The number of sulfonamides is 1. The maximum Gasteiger partial charge on any atom is 0.325 e. The van der Waals surface area contributed by atoms with Crippen LogP contribution in [0.4, 0.5) is 0 Å². The average molecular weight is 567 g/mol. The van der Waals surface area contributed by atoms with Gasteiger partial charge in [0.25, 0.3) is 21.8 Å². The lowest BCUT2D eigenvalue weighted by molar-refractivity contribution is -0.143. The molecular weight excluding hydrogens is 536 g/mol. The number of rotatable bonds is 12. The number of nitrogens with zero attached hydrogens (tertiary/aromatic N) is 1. The molecule has 0 atom stereocenters. The minimum atomic E-state index is -4.17. The molecule has 0 aliphatic carbocycles. The molecule has 1 aromatic heterocycles. The lowest BCUT2D eigenvalue weighted by Gasteiger charge is -2.10. The second-order valence-electron chi connectivity index (χ2n) is 9.04. The number of carbonyl (C=O) groups excluding carboxylic acids is 4. The van der Waals surface area contributed by atoms with E-state index in [2.05, 4.69) is 15.6 Å². The van der Waals surface area contributed by atoms with Crippen LogP contribution < -0.4 is 15.4 Å². The van der Waals surface area contributed by atoms with E-state index in [0.29, 0.717) is 13.0 Å². The molecule has 0 bridgehead atoms. The normalized spacial score (nSPS) is 11.0. The zero-order chi connectivity index (χ0) is 29.1. The Hall–Kier alpha value is -4.58. The molecule has 0 aliphatic rings. The van der Waals surface area contributed by atoms with E-state index in [9.17, 15) is 27.6 Å². The summed E-state index contributed by atoms with van der Waals surface area (Å²) in [5, 5.41) is 5.17. The molecule has 0 unspecified atom stereocenters. The van der Waals surface area contributed by atoms with Gasteiger partial charge in [0.15, 0.2) is 0 Å². The topological polar surface area (TPSA) is 161 Å². The maximum absolute atomic E-state index is 12.7. The van der Waals surface area contributed by atoms with Gasteiger partial charge in [-0.15, -0.1) is 0 Å². The van der Waals surface area contributed by atoms with Crippen LogP contribution in [0.3, 0.4) is 0 Å². The van der Waals surface area contributed by atoms with Gasteiger partial charge in [0.2, 0.25) is 5.91 Å². The van der Waals surface area contributed by atoms with Crippen LogP contribution in [0.2, 0.25) is 0 Å². The Labute approximate surface area is 232 Å². The first-order valence-electron chi connectivity index (χ1n) is 12.4. The molecule has 11 nitrogen and oxygen atoms in total. The highest BCUT2D eigenvalue weighted by Gasteiger charge is 2.20. The first-order valence-corrected chi connectivity index (χ1v) is 13.9. The Kier molecular flexibility index (Phi) is 10.5.